The van der Waals surface area contributed by atoms with Gasteiger partial charge in [0.15, 0.2) is 0 Å². The van der Waals surface area contributed by atoms with Crippen molar-refractivity contribution in [2.75, 3.05) is 13.2 Å². The number of hydrogen-bond donors (Lipinski definition) is 0. The molecule has 0 bridgehead atoms. The summed E-state index contributed by atoms with van der Waals surface area (Å²) < 4.78 is 74.8. The van der Waals surface area contributed by atoms with E-state index in [1.807, 2.05) is 0 Å². The molecule has 11 heteroatoms. The van der Waals surface area contributed by atoms with Crippen LogP contribution in [0.1, 0.15) is 374 Å². The molecular formula is C62H126CaO8S2. The molecule has 0 saturated heterocycles. The smallest absolute Gasteiger partial charge is 0.726 e. The summed E-state index contributed by atoms with van der Waals surface area (Å²) in [5.74, 6) is 0.397. The fourth-order valence-electron chi connectivity index (χ4n) is 10.4. The largest absolute Gasteiger partial charge is 2.00 e. The van der Waals surface area contributed by atoms with Crippen molar-refractivity contribution in [3.8, 4) is 0 Å². The van der Waals surface area contributed by atoms with Gasteiger partial charge in [-0.25, -0.2) is 16.8 Å². The number of hydrogen-bond acceptors (Lipinski definition) is 8. The fourth-order valence-corrected chi connectivity index (χ4v) is 11.1. The minimum Gasteiger partial charge on any atom is -0.726 e. The van der Waals surface area contributed by atoms with Crippen molar-refractivity contribution in [2.24, 2.45) is 11.8 Å². The Bertz CT molecular complexity index is 1140. The zero-order valence-corrected chi connectivity index (χ0v) is 53.4. The van der Waals surface area contributed by atoms with E-state index in [9.17, 15) is 25.9 Å². The molecule has 0 aliphatic rings. The normalized spacial score (nSPS) is 12.7. The fraction of sp³-hybridized carbons (Fsp3) is 1.00. The third-order valence-electron chi connectivity index (χ3n) is 15.3. The zero-order chi connectivity index (χ0) is 53.2. The van der Waals surface area contributed by atoms with Gasteiger partial charge >= 0.3 is 37.7 Å². The first-order valence-corrected chi connectivity index (χ1v) is 34.9. The third kappa shape index (κ3) is 73.0. The second-order valence-corrected chi connectivity index (χ2v) is 24.6. The molecule has 0 aromatic rings. The number of unbranched alkanes of at least 4 members (excludes halogenated alkanes) is 46. The maximum Gasteiger partial charge on any atom is 2.00 e. The monoisotopic (exact) mass is 1100 g/mol. The molecule has 0 spiro atoms. The van der Waals surface area contributed by atoms with Crippen LogP contribution in [0.4, 0.5) is 0 Å². The van der Waals surface area contributed by atoms with Crippen LogP contribution in [0.5, 0.6) is 0 Å². The summed E-state index contributed by atoms with van der Waals surface area (Å²) in [6.07, 6.45) is 70.3. The molecule has 0 rings (SSSR count). The van der Waals surface area contributed by atoms with Crippen molar-refractivity contribution in [1.82, 2.24) is 0 Å². The van der Waals surface area contributed by atoms with Crippen LogP contribution < -0.4 is 0 Å². The van der Waals surface area contributed by atoms with Crippen molar-refractivity contribution in [3.05, 3.63) is 0 Å². The zero-order valence-electron chi connectivity index (χ0n) is 49.5. The summed E-state index contributed by atoms with van der Waals surface area (Å²) in [7, 11) is -9.16. The van der Waals surface area contributed by atoms with Crippen LogP contribution in [0, 0.1) is 11.8 Å². The van der Waals surface area contributed by atoms with Crippen molar-refractivity contribution in [1.29, 1.82) is 0 Å². The molecule has 0 radical (unpaired) electrons. The Morgan fingerprint density at radius 2 is 0.370 bits per heavy atom. The molecule has 0 saturated carbocycles. The van der Waals surface area contributed by atoms with Crippen LogP contribution in [0.2, 0.25) is 0 Å². The van der Waals surface area contributed by atoms with E-state index in [0.717, 1.165) is 51.4 Å². The Kier molecular flexibility index (Phi) is 68.4. The van der Waals surface area contributed by atoms with Gasteiger partial charge in [0.2, 0.25) is 20.8 Å². The van der Waals surface area contributed by atoms with Crippen LogP contribution in [-0.4, -0.2) is 76.9 Å². The van der Waals surface area contributed by atoms with Crippen molar-refractivity contribution in [2.45, 2.75) is 374 Å². The Morgan fingerprint density at radius 1 is 0.247 bits per heavy atom. The molecule has 0 aromatic heterocycles. The van der Waals surface area contributed by atoms with Gasteiger partial charge in [0.1, 0.15) is 0 Å². The second kappa shape index (κ2) is 63.8. The van der Waals surface area contributed by atoms with Gasteiger partial charge in [-0.2, -0.15) is 0 Å². The van der Waals surface area contributed by atoms with Crippen LogP contribution in [-0.2, 0) is 29.2 Å². The van der Waals surface area contributed by atoms with Gasteiger partial charge in [-0.05, 0) is 37.5 Å². The van der Waals surface area contributed by atoms with E-state index >= 15 is 0 Å². The van der Waals surface area contributed by atoms with E-state index in [0.29, 0.717) is 0 Å². The summed E-state index contributed by atoms with van der Waals surface area (Å²) >= 11 is 0. The van der Waals surface area contributed by atoms with Crippen molar-refractivity contribution < 1.29 is 34.3 Å². The van der Waals surface area contributed by atoms with E-state index in [2.05, 4.69) is 36.1 Å². The summed E-state index contributed by atoms with van der Waals surface area (Å²) in [6, 6.07) is 0. The minimum atomic E-state index is -4.58. The van der Waals surface area contributed by atoms with Crippen molar-refractivity contribution >= 4 is 58.5 Å². The molecule has 2 atom stereocenters. The molecule has 0 aliphatic carbocycles. The van der Waals surface area contributed by atoms with E-state index < -0.39 is 20.8 Å². The molecule has 2 unspecified atom stereocenters. The first-order chi connectivity index (χ1) is 35.0. The third-order valence-corrected chi connectivity index (χ3v) is 16.1. The van der Waals surface area contributed by atoms with Gasteiger partial charge in [-0.1, -0.05) is 349 Å². The van der Waals surface area contributed by atoms with Crippen LogP contribution in [0.25, 0.3) is 0 Å². The predicted molar refractivity (Wildman–Crippen MR) is 316 cm³/mol. The molecule has 8 nitrogen and oxygen atoms in total. The SMILES string of the molecule is CCCCCCCCCCCCCCCCC(CCCCCCCCCCCCC)COS(=O)(=O)[O-].CCCCCCCCCCCCCCCCC(CCCCCCCCCCCCC)COS(=O)(=O)[O-].[Ca+2]. The summed E-state index contributed by atoms with van der Waals surface area (Å²) in [4.78, 5) is 0. The Balaban J connectivity index is -0.00000132. The minimum absolute atomic E-state index is 0. The maximum absolute atomic E-state index is 10.9. The quantitative estimate of drug-likeness (QED) is 0.0254. The van der Waals surface area contributed by atoms with Crippen molar-refractivity contribution in [3.63, 3.8) is 0 Å². The molecule has 0 aromatic carbocycles. The number of rotatable bonds is 60. The summed E-state index contributed by atoms with van der Waals surface area (Å²) in [6.45, 7) is 9.21. The molecule has 73 heavy (non-hydrogen) atoms. The van der Waals surface area contributed by atoms with Gasteiger partial charge in [-0.3, -0.25) is 8.37 Å². The topological polar surface area (TPSA) is 133 Å². The molecule has 0 amide bonds. The molecule has 0 heterocycles. The maximum atomic E-state index is 10.9. The molecule has 0 N–H and O–H groups in total. The van der Waals surface area contributed by atoms with Gasteiger partial charge in [-0.15, -0.1) is 0 Å². The van der Waals surface area contributed by atoms with E-state index in [1.54, 1.807) is 0 Å². The van der Waals surface area contributed by atoms with Gasteiger partial charge < -0.3 is 9.11 Å². The standard InChI is InChI=1S/2C31H64O4S.Ca/c2*1-3-5-7-9-11-13-15-16-17-19-21-23-25-27-29-31(30-35-36(32,33)34)28-26-24-22-20-18-14-12-10-8-6-4-2;/h2*31H,3-30H2,1-2H3,(H,32,33,34);/q;;+2/p-2. The Morgan fingerprint density at radius 3 is 0.493 bits per heavy atom. The molecule has 0 fully saturated rings. The Labute approximate surface area is 488 Å². The Hall–Kier alpha value is 1.000. The van der Waals surface area contributed by atoms with Gasteiger partial charge in [0, 0.05) is 0 Å². The van der Waals surface area contributed by atoms with Crippen LogP contribution in [0.15, 0.2) is 0 Å². The summed E-state index contributed by atoms with van der Waals surface area (Å²) in [5, 5.41) is 0. The predicted octanol–water partition coefficient (Wildman–Crippen LogP) is 20.9. The van der Waals surface area contributed by atoms with Gasteiger partial charge in [0.05, 0.1) is 13.2 Å². The first-order valence-electron chi connectivity index (χ1n) is 32.2. The van der Waals surface area contributed by atoms with E-state index in [1.165, 1.54) is 295 Å². The van der Waals surface area contributed by atoms with E-state index in [-0.39, 0.29) is 62.8 Å². The van der Waals surface area contributed by atoms with Crippen LogP contribution >= 0.6 is 0 Å². The first kappa shape index (κ1) is 78.2. The average molecular weight is 1100 g/mol. The molecule has 0 aliphatic heterocycles. The van der Waals surface area contributed by atoms with Gasteiger partial charge in [0.25, 0.3) is 0 Å². The van der Waals surface area contributed by atoms with Crippen LogP contribution in [0.3, 0.4) is 0 Å². The average Bonchev–Trinajstić information content (AvgIpc) is 3.35. The molecule has 436 valence electrons. The molecular weight excluding hydrogens is 977 g/mol. The van der Waals surface area contributed by atoms with E-state index in [4.69, 9.17) is 0 Å². The second-order valence-electron chi connectivity index (χ2n) is 22.5. The summed E-state index contributed by atoms with van der Waals surface area (Å²) in [5.41, 5.74) is 0.